The number of hydrogen-bond donors (Lipinski definition) is 1. The van der Waals surface area contributed by atoms with E-state index in [1.807, 2.05) is 6.07 Å². The van der Waals surface area contributed by atoms with Gasteiger partial charge in [0.25, 0.3) is 0 Å². The fourth-order valence-corrected chi connectivity index (χ4v) is 3.90. The maximum Gasteiger partial charge on any atom is 0.228 e. The number of ether oxygens (including phenoxy) is 2. The normalized spacial score (nSPS) is 17.9. The van der Waals surface area contributed by atoms with Crippen molar-refractivity contribution >= 4 is 22.5 Å². The molecule has 150 valence electrons. The first-order chi connectivity index (χ1) is 13.7. The molecule has 10 heteroatoms. The molecule has 2 aliphatic heterocycles. The molecule has 0 N–H and O–H groups in total. The van der Waals surface area contributed by atoms with Crippen LogP contribution in [0.25, 0.3) is 11.3 Å². The van der Waals surface area contributed by atoms with Crippen LogP contribution in [0.15, 0.2) is 24.5 Å². The van der Waals surface area contributed by atoms with Crippen molar-refractivity contribution in [2.45, 2.75) is 5.75 Å². The lowest BCUT2D eigenvalue weighted by Crippen LogP contribution is -2.39. The summed E-state index contributed by atoms with van der Waals surface area (Å²) in [6.07, 6.45) is 3.27. The molecule has 2 aromatic rings. The molecule has 28 heavy (non-hydrogen) atoms. The van der Waals surface area contributed by atoms with Gasteiger partial charge in [0.1, 0.15) is 16.5 Å². The van der Waals surface area contributed by atoms with Gasteiger partial charge in [0.2, 0.25) is 5.95 Å². The SMILES string of the molecule is O=[SH](=O)Cc1ccncc1-c1cc(N2CCOCC2)nc(N2CCOCC2)n1. The van der Waals surface area contributed by atoms with Crippen LogP contribution in [0.5, 0.6) is 0 Å². The summed E-state index contributed by atoms with van der Waals surface area (Å²) >= 11 is 0. The third-order valence-corrected chi connectivity index (χ3v) is 5.42. The fraction of sp³-hybridized carbons (Fsp3) is 0.500. The van der Waals surface area contributed by atoms with Gasteiger partial charge in [-0.05, 0) is 11.6 Å². The summed E-state index contributed by atoms with van der Waals surface area (Å²) in [6, 6.07) is 3.64. The zero-order valence-electron chi connectivity index (χ0n) is 15.5. The maximum atomic E-state index is 11.3. The van der Waals surface area contributed by atoms with Crippen LogP contribution in [0.3, 0.4) is 0 Å². The van der Waals surface area contributed by atoms with Crippen molar-refractivity contribution in [3.05, 3.63) is 30.1 Å². The molecule has 0 aliphatic carbocycles. The second kappa shape index (κ2) is 8.80. The number of nitrogens with zero attached hydrogens (tertiary/aromatic N) is 5. The Kier molecular flexibility index (Phi) is 5.98. The highest BCUT2D eigenvalue weighted by atomic mass is 32.2. The number of anilines is 2. The molecule has 0 aromatic carbocycles. The highest BCUT2D eigenvalue weighted by molar-refractivity contribution is 7.71. The van der Waals surface area contributed by atoms with E-state index in [4.69, 9.17) is 19.4 Å². The quantitative estimate of drug-likeness (QED) is 0.706. The van der Waals surface area contributed by atoms with Crippen LogP contribution in [0.4, 0.5) is 11.8 Å². The van der Waals surface area contributed by atoms with Crippen molar-refractivity contribution in [2.24, 2.45) is 0 Å². The van der Waals surface area contributed by atoms with Gasteiger partial charge in [-0.15, -0.1) is 0 Å². The van der Waals surface area contributed by atoms with E-state index in [9.17, 15) is 8.42 Å². The first-order valence-corrected chi connectivity index (χ1v) is 10.7. The van der Waals surface area contributed by atoms with Gasteiger partial charge in [0.05, 0.1) is 37.9 Å². The molecule has 2 saturated heterocycles. The number of morpholine rings is 2. The van der Waals surface area contributed by atoms with E-state index < -0.39 is 10.7 Å². The monoisotopic (exact) mass is 405 g/mol. The van der Waals surface area contributed by atoms with Gasteiger partial charge in [0.15, 0.2) is 0 Å². The van der Waals surface area contributed by atoms with E-state index in [0.29, 0.717) is 49.2 Å². The van der Waals surface area contributed by atoms with E-state index >= 15 is 0 Å². The number of pyridine rings is 1. The van der Waals surface area contributed by atoms with Crippen molar-refractivity contribution in [3.63, 3.8) is 0 Å². The third-order valence-electron chi connectivity index (χ3n) is 4.82. The van der Waals surface area contributed by atoms with Crippen LogP contribution in [-0.2, 0) is 25.9 Å². The Morgan fingerprint density at radius 2 is 1.64 bits per heavy atom. The summed E-state index contributed by atoms with van der Waals surface area (Å²) in [7, 11) is -2.55. The lowest BCUT2D eigenvalue weighted by atomic mass is 10.1. The van der Waals surface area contributed by atoms with E-state index in [1.54, 1.807) is 18.5 Å². The summed E-state index contributed by atoms with van der Waals surface area (Å²) < 4.78 is 33.5. The average molecular weight is 405 g/mol. The smallest absolute Gasteiger partial charge is 0.228 e. The fourth-order valence-electron chi connectivity index (χ4n) is 3.35. The molecular formula is C18H23N5O4S. The third kappa shape index (κ3) is 4.40. The van der Waals surface area contributed by atoms with Crippen molar-refractivity contribution < 1.29 is 17.9 Å². The van der Waals surface area contributed by atoms with E-state index in [0.717, 1.165) is 32.0 Å². The summed E-state index contributed by atoms with van der Waals surface area (Å²) in [4.78, 5) is 18.0. The van der Waals surface area contributed by atoms with Crippen LogP contribution in [0.1, 0.15) is 5.56 Å². The highest BCUT2D eigenvalue weighted by Gasteiger charge is 2.21. The van der Waals surface area contributed by atoms with Gasteiger partial charge in [-0.3, -0.25) is 4.98 Å². The van der Waals surface area contributed by atoms with Gasteiger partial charge in [-0.2, -0.15) is 4.98 Å². The molecule has 0 radical (unpaired) electrons. The molecule has 0 amide bonds. The lowest BCUT2D eigenvalue weighted by Gasteiger charge is -2.31. The van der Waals surface area contributed by atoms with Gasteiger partial charge in [-0.25, -0.2) is 13.4 Å². The van der Waals surface area contributed by atoms with E-state index in [2.05, 4.69) is 14.8 Å². The molecular weight excluding hydrogens is 382 g/mol. The summed E-state index contributed by atoms with van der Waals surface area (Å²) in [6.45, 7) is 5.53. The topological polar surface area (TPSA) is 97.8 Å². The van der Waals surface area contributed by atoms with Gasteiger partial charge >= 0.3 is 0 Å². The summed E-state index contributed by atoms with van der Waals surface area (Å²) in [5.74, 6) is 1.40. The van der Waals surface area contributed by atoms with Crippen molar-refractivity contribution in [2.75, 3.05) is 62.4 Å². The largest absolute Gasteiger partial charge is 0.378 e. The molecule has 2 fully saturated rings. The minimum atomic E-state index is -2.55. The molecule has 0 saturated carbocycles. The Morgan fingerprint density at radius 3 is 2.32 bits per heavy atom. The Morgan fingerprint density at radius 1 is 0.964 bits per heavy atom. The molecule has 4 rings (SSSR count). The number of hydrogen-bond acceptors (Lipinski definition) is 9. The maximum absolute atomic E-state index is 11.3. The standard InChI is InChI=1S/C18H23N5O4S/c24-28(25)13-14-1-2-19-12-15(14)16-11-17(22-3-7-26-8-4-22)21-18(20-16)23-5-9-27-10-6-23/h1-2,11-12,28H,3-10,13H2. The number of thiol groups is 1. The first-order valence-electron chi connectivity index (χ1n) is 9.30. The summed E-state index contributed by atoms with van der Waals surface area (Å²) in [5, 5.41) is 0. The Labute approximate surface area is 165 Å². The predicted molar refractivity (Wildman–Crippen MR) is 105 cm³/mol. The minimum absolute atomic E-state index is 0.0447. The Balaban J connectivity index is 1.77. The van der Waals surface area contributed by atoms with Crippen LogP contribution in [-0.4, -0.2) is 76.0 Å². The molecule has 2 aromatic heterocycles. The molecule has 2 aliphatic rings. The van der Waals surface area contributed by atoms with Crippen LogP contribution >= 0.6 is 0 Å². The van der Waals surface area contributed by atoms with E-state index in [-0.39, 0.29) is 5.75 Å². The Hall–Kier alpha value is -2.30. The molecule has 0 atom stereocenters. The zero-order chi connectivity index (χ0) is 19.3. The molecule has 0 unspecified atom stereocenters. The second-order valence-electron chi connectivity index (χ2n) is 6.63. The highest BCUT2D eigenvalue weighted by Crippen LogP contribution is 2.28. The zero-order valence-corrected chi connectivity index (χ0v) is 16.4. The lowest BCUT2D eigenvalue weighted by molar-refractivity contribution is 0.121. The predicted octanol–water partition coefficient (Wildman–Crippen LogP) is 0.323. The van der Waals surface area contributed by atoms with Gasteiger partial charge in [-0.1, -0.05) is 0 Å². The number of aromatic nitrogens is 3. The van der Waals surface area contributed by atoms with Crippen molar-refractivity contribution in [1.29, 1.82) is 0 Å². The average Bonchev–Trinajstić information content (AvgIpc) is 2.75. The minimum Gasteiger partial charge on any atom is -0.378 e. The van der Waals surface area contributed by atoms with Gasteiger partial charge < -0.3 is 19.3 Å². The first kappa shape index (κ1) is 19.0. The van der Waals surface area contributed by atoms with Crippen LogP contribution < -0.4 is 9.80 Å². The molecule has 9 nitrogen and oxygen atoms in total. The van der Waals surface area contributed by atoms with Crippen molar-refractivity contribution in [1.82, 2.24) is 15.0 Å². The second-order valence-corrected chi connectivity index (χ2v) is 7.62. The molecule has 0 bridgehead atoms. The van der Waals surface area contributed by atoms with Crippen molar-refractivity contribution in [3.8, 4) is 11.3 Å². The summed E-state index contributed by atoms with van der Waals surface area (Å²) in [5.41, 5.74) is 2.08. The van der Waals surface area contributed by atoms with E-state index in [1.165, 1.54) is 0 Å². The molecule has 0 spiro atoms. The number of rotatable bonds is 5. The van der Waals surface area contributed by atoms with Crippen LogP contribution in [0.2, 0.25) is 0 Å². The van der Waals surface area contributed by atoms with Crippen LogP contribution in [0, 0.1) is 0 Å². The molecule has 4 heterocycles. The van der Waals surface area contributed by atoms with Gasteiger partial charge in [0, 0.05) is 50.2 Å². The Bertz CT molecular complexity index is 851.